The maximum absolute atomic E-state index is 5.83. The number of halogens is 1. The van der Waals surface area contributed by atoms with Gasteiger partial charge in [0.25, 0.3) is 0 Å². The number of hydrogen-bond donors (Lipinski definition) is 1. The van der Waals surface area contributed by atoms with Crippen molar-refractivity contribution in [3.63, 3.8) is 0 Å². The molecule has 0 unspecified atom stereocenters. The minimum Gasteiger partial charge on any atom is -0.381 e. The Balaban J connectivity index is 2.98. The predicted molar refractivity (Wildman–Crippen MR) is 46.7 cm³/mol. The van der Waals surface area contributed by atoms with Gasteiger partial charge in [-0.1, -0.05) is 18.5 Å². The lowest BCUT2D eigenvalue weighted by Gasteiger charge is -1.99. The second-order valence-electron chi connectivity index (χ2n) is 2.51. The van der Waals surface area contributed by atoms with Gasteiger partial charge in [0.2, 0.25) is 0 Å². The lowest BCUT2D eigenvalue weighted by Crippen LogP contribution is -2.01. The van der Waals surface area contributed by atoms with E-state index >= 15 is 0 Å². The fraction of sp³-hybridized carbons (Fsp3) is 0.571. The summed E-state index contributed by atoms with van der Waals surface area (Å²) in [6, 6.07) is 0. The number of nitrogens with two attached hydrogens (primary N) is 1. The molecule has 1 aromatic rings. The highest BCUT2D eigenvalue weighted by molar-refractivity contribution is 6.33. The SMILES string of the molecule is CCCn1nc(N)c(Cl)c1C. The van der Waals surface area contributed by atoms with E-state index in [-0.39, 0.29) is 0 Å². The molecule has 0 radical (unpaired) electrons. The van der Waals surface area contributed by atoms with Crippen LogP contribution in [0.3, 0.4) is 0 Å². The van der Waals surface area contributed by atoms with E-state index in [9.17, 15) is 0 Å². The van der Waals surface area contributed by atoms with Gasteiger partial charge >= 0.3 is 0 Å². The van der Waals surface area contributed by atoms with E-state index in [1.807, 2.05) is 11.6 Å². The highest BCUT2D eigenvalue weighted by Crippen LogP contribution is 2.21. The van der Waals surface area contributed by atoms with Crippen molar-refractivity contribution in [1.29, 1.82) is 0 Å². The molecule has 0 aliphatic rings. The van der Waals surface area contributed by atoms with Gasteiger partial charge in [0.15, 0.2) is 5.82 Å². The van der Waals surface area contributed by atoms with E-state index in [4.69, 9.17) is 17.3 Å². The smallest absolute Gasteiger partial charge is 0.164 e. The van der Waals surface area contributed by atoms with Gasteiger partial charge in [-0.25, -0.2) is 0 Å². The fourth-order valence-corrected chi connectivity index (χ4v) is 1.11. The molecule has 0 amide bonds. The molecular formula is C7H12ClN3. The van der Waals surface area contributed by atoms with Crippen molar-refractivity contribution in [1.82, 2.24) is 9.78 Å². The summed E-state index contributed by atoms with van der Waals surface area (Å²) in [5.41, 5.74) is 6.46. The van der Waals surface area contributed by atoms with E-state index in [0.29, 0.717) is 10.8 Å². The Morgan fingerprint density at radius 1 is 1.64 bits per heavy atom. The van der Waals surface area contributed by atoms with Crippen LogP contribution in [0.1, 0.15) is 19.0 Å². The maximum atomic E-state index is 5.83. The Morgan fingerprint density at radius 2 is 2.27 bits per heavy atom. The number of hydrogen-bond acceptors (Lipinski definition) is 2. The van der Waals surface area contributed by atoms with E-state index in [2.05, 4.69) is 12.0 Å². The molecular weight excluding hydrogens is 162 g/mol. The summed E-state index contributed by atoms with van der Waals surface area (Å²) in [4.78, 5) is 0. The quantitative estimate of drug-likeness (QED) is 0.742. The molecule has 0 atom stereocenters. The summed E-state index contributed by atoms with van der Waals surface area (Å²) < 4.78 is 1.83. The normalized spacial score (nSPS) is 10.5. The molecule has 62 valence electrons. The fourth-order valence-electron chi connectivity index (χ4n) is 0.977. The highest BCUT2D eigenvalue weighted by atomic mass is 35.5. The van der Waals surface area contributed by atoms with E-state index in [1.165, 1.54) is 0 Å². The first kappa shape index (κ1) is 8.40. The van der Waals surface area contributed by atoms with Gasteiger partial charge in [-0.15, -0.1) is 0 Å². The van der Waals surface area contributed by atoms with Gasteiger partial charge in [-0.2, -0.15) is 5.10 Å². The topological polar surface area (TPSA) is 43.8 Å². The van der Waals surface area contributed by atoms with Gasteiger partial charge in [0, 0.05) is 6.54 Å². The average Bonchev–Trinajstić information content (AvgIpc) is 2.19. The molecule has 0 bridgehead atoms. The zero-order valence-electron chi connectivity index (χ0n) is 6.76. The Bertz CT molecular complexity index is 254. The molecule has 11 heavy (non-hydrogen) atoms. The van der Waals surface area contributed by atoms with Crippen LogP contribution in [0.4, 0.5) is 5.82 Å². The standard InChI is InChI=1S/C7H12ClN3/c1-3-4-11-5(2)6(8)7(9)10-11/h3-4H2,1-2H3,(H2,9,10). The van der Waals surface area contributed by atoms with Crippen LogP contribution >= 0.6 is 11.6 Å². The second-order valence-corrected chi connectivity index (χ2v) is 2.89. The third kappa shape index (κ3) is 1.48. The minimum atomic E-state index is 0.428. The predicted octanol–water partition coefficient (Wildman–Crippen LogP) is 1.84. The molecule has 0 saturated heterocycles. The van der Waals surface area contributed by atoms with E-state index in [0.717, 1.165) is 18.7 Å². The molecule has 0 saturated carbocycles. The molecule has 2 N–H and O–H groups in total. The first-order valence-electron chi connectivity index (χ1n) is 3.65. The molecule has 0 aliphatic carbocycles. The molecule has 0 aliphatic heterocycles. The Labute approximate surface area is 71.1 Å². The van der Waals surface area contributed by atoms with Gasteiger partial charge < -0.3 is 5.73 Å². The molecule has 0 spiro atoms. The van der Waals surface area contributed by atoms with E-state index < -0.39 is 0 Å². The van der Waals surface area contributed by atoms with Crippen LogP contribution in [0, 0.1) is 6.92 Å². The largest absolute Gasteiger partial charge is 0.381 e. The highest BCUT2D eigenvalue weighted by Gasteiger charge is 2.07. The zero-order chi connectivity index (χ0) is 8.43. The van der Waals surface area contributed by atoms with Gasteiger partial charge in [0.1, 0.15) is 5.02 Å². The molecule has 1 aromatic heterocycles. The number of nitrogen functional groups attached to an aromatic ring is 1. The summed E-state index contributed by atoms with van der Waals surface area (Å²) in [7, 11) is 0. The van der Waals surface area contributed by atoms with Crippen molar-refractivity contribution >= 4 is 17.4 Å². The first-order valence-corrected chi connectivity index (χ1v) is 4.03. The Hall–Kier alpha value is -0.700. The number of aromatic nitrogens is 2. The zero-order valence-corrected chi connectivity index (χ0v) is 7.52. The Kier molecular flexibility index (Phi) is 2.39. The second kappa shape index (κ2) is 3.13. The molecule has 0 aromatic carbocycles. The van der Waals surface area contributed by atoms with Gasteiger partial charge in [0.05, 0.1) is 5.69 Å². The third-order valence-electron chi connectivity index (χ3n) is 1.59. The number of aryl methyl sites for hydroxylation is 1. The summed E-state index contributed by atoms with van der Waals surface area (Å²) >= 11 is 5.83. The van der Waals surface area contributed by atoms with Crippen LogP contribution in [0.2, 0.25) is 5.02 Å². The third-order valence-corrected chi connectivity index (χ3v) is 2.06. The average molecular weight is 174 g/mol. The van der Waals surface area contributed by atoms with Crippen LogP contribution in [0.5, 0.6) is 0 Å². The number of rotatable bonds is 2. The van der Waals surface area contributed by atoms with Crippen LogP contribution < -0.4 is 5.73 Å². The lowest BCUT2D eigenvalue weighted by molar-refractivity contribution is 0.589. The summed E-state index contributed by atoms with van der Waals surface area (Å²) in [6.07, 6.45) is 1.04. The Morgan fingerprint density at radius 3 is 2.64 bits per heavy atom. The molecule has 3 nitrogen and oxygen atoms in total. The summed E-state index contributed by atoms with van der Waals surface area (Å²) in [6.45, 7) is 4.88. The number of nitrogens with zero attached hydrogens (tertiary/aromatic N) is 2. The lowest BCUT2D eigenvalue weighted by atomic mass is 10.4. The summed E-state index contributed by atoms with van der Waals surface area (Å²) in [5, 5.41) is 4.64. The van der Waals surface area contributed by atoms with Crippen LogP contribution in [-0.4, -0.2) is 9.78 Å². The van der Waals surface area contributed by atoms with Crippen molar-refractivity contribution in [2.24, 2.45) is 0 Å². The van der Waals surface area contributed by atoms with Crippen molar-refractivity contribution < 1.29 is 0 Å². The molecule has 1 heterocycles. The van der Waals surface area contributed by atoms with Crippen molar-refractivity contribution in [2.45, 2.75) is 26.8 Å². The first-order chi connectivity index (χ1) is 5.16. The van der Waals surface area contributed by atoms with Crippen molar-refractivity contribution in [3.05, 3.63) is 10.7 Å². The van der Waals surface area contributed by atoms with Gasteiger partial charge in [-0.05, 0) is 13.3 Å². The maximum Gasteiger partial charge on any atom is 0.164 e. The monoisotopic (exact) mass is 173 g/mol. The van der Waals surface area contributed by atoms with E-state index in [1.54, 1.807) is 0 Å². The molecule has 0 fully saturated rings. The van der Waals surface area contributed by atoms with Crippen molar-refractivity contribution in [2.75, 3.05) is 5.73 Å². The van der Waals surface area contributed by atoms with Crippen LogP contribution in [0.15, 0.2) is 0 Å². The van der Waals surface area contributed by atoms with Gasteiger partial charge in [-0.3, -0.25) is 4.68 Å². The number of anilines is 1. The molecule has 1 rings (SSSR count). The molecule has 4 heteroatoms. The summed E-state index contributed by atoms with van der Waals surface area (Å²) in [5.74, 6) is 0.428. The van der Waals surface area contributed by atoms with Crippen LogP contribution in [-0.2, 0) is 6.54 Å². The van der Waals surface area contributed by atoms with Crippen LogP contribution in [0.25, 0.3) is 0 Å². The minimum absolute atomic E-state index is 0.428. The van der Waals surface area contributed by atoms with Crippen molar-refractivity contribution in [3.8, 4) is 0 Å².